The fraction of sp³-hybridized carbons (Fsp3) is 0.615. The quantitative estimate of drug-likeness (QED) is 0.867. The fourth-order valence-corrected chi connectivity index (χ4v) is 4.54. The lowest BCUT2D eigenvalue weighted by Crippen LogP contribution is -2.28. The molecule has 0 bridgehead atoms. The summed E-state index contributed by atoms with van der Waals surface area (Å²) in [5, 5.41) is 6.61. The molecule has 2 unspecified atom stereocenters. The summed E-state index contributed by atoms with van der Waals surface area (Å²) in [6.45, 7) is 3.66. The first-order chi connectivity index (χ1) is 9.30. The van der Waals surface area contributed by atoms with Gasteiger partial charge in [-0.2, -0.15) is 0 Å². The van der Waals surface area contributed by atoms with Gasteiger partial charge >= 0.3 is 5.97 Å². The number of carbonyl (C=O) groups excluding carboxylic acids is 1. The van der Waals surface area contributed by atoms with E-state index in [1.807, 2.05) is 0 Å². The van der Waals surface area contributed by atoms with Crippen LogP contribution in [0.15, 0.2) is 9.59 Å². The molecule has 2 N–H and O–H groups in total. The molecule has 7 heteroatoms. The molecule has 112 valence electrons. The lowest BCUT2D eigenvalue weighted by molar-refractivity contribution is 0.00478. The normalized spacial score (nSPS) is 23.6. The van der Waals surface area contributed by atoms with E-state index >= 15 is 0 Å². The van der Waals surface area contributed by atoms with Crippen LogP contribution in [0.25, 0.3) is 0 Å². The summed E-state index contributed by atoms with van der Waals surface area (Å²) in [4.78, 5) is 12.2. The van der Waals surface area contributed by atoms with Gasteiger partial charge in [0.2, 0.25) is 10.0 Å². The van der Waals surface area contributed by atoms with Crippen LogP contribution in [-0.2, 0) is 14.8 Å². The Morgan fingerprint density at radius 2 is 2.05 bits per heavy atom. The molecule has 1 aromatic heterocycles. The Bertz CT molecular complexity index is 606. The molecule has 2 atom stereocenters. The van der Waals surface area contributed by atoms with Crippen LogP contribution in [-0.4, -0.2) is 20.5 Å². The van der Waals surface area contributed by atoms with E-state index in [9.17, 15) is 13.2 Å². The van der Waals surface area contributed by atoms with Crippen LogP contribution in [0.2, 0.25) is 0 Å². The van der Waals surface area contributed by atoms with Gasteiger partial charge in [0.15, 0.2) is 0 Å². The summed E-state index contributed by atoms with van der Waals surface area (Å²) < 4.78 is 28.3. The third-order valence-corrected chi connectivity index (χ3v) is 6.45. The topological polar surface area (TPSA) is 86.5 Å². The third kappa shape index (κ3) is 3.21. The number of thiophene rings is 1. The Kier molecular flexibility index (Phi) is 4.51. The Labute approximate surface area is 123 Å². The lowest BCUT2D eigenvalue weighted by Gasteiger charge is -2.28. The van der Waals surface area contributed by atoms with Gasteiger partial charge in [-0.25, -0.2) is 18.4 Å². The molecule has 0 radical (unpaired) electrons. The molecule has 1 saturated carbocycles. The van der Waals surface area contributed by atoms with Crippen molar-refractivity contribution in [3.05, 3.63) is 16.5 Å². The van der Waals surface area contributed by atoms with Crippen LogP contribution in [0.3, 0.4) is 0 Å². The van der Waals surface area contributed by atoms with E-state index in [2.05, 4.69) is 6.92 Å². The largest absolute Gasteiger partial charge is 0.458 e. The van der Waals surface area contributed by atoms with Crippen LogP contribution in [0, 0.1) is 12.8 Å². The summed E-state index contributed by atoms with van der Waals surface area (Å²) in [7, 11) is -3.78. The first kappa shape index (κ1) is 15.5. The first-order valence-corrected chi connectivity index (χ1v) is 9.05. The predicted octanol–water partition coefficient (Wildman–Crippen LogP) is 2.44. The smallest absolute Gasteiger partial charge is 0.339 e. The third-order valence-electron chi connectivity index (χ3n) is 3.76. The molecule has 0 saturated heterocycles. The van der Waals surface area contributed by atoms with Crippen molar-refractivity contribution in [1.82, 2.24) is 0 Å². The molecule has 20 heavy (non-hydrogen) atoms. The van der Waals surface area contributed by atoms with Crippen molar-refractivity contribution in [2.75, 3.05) is 0 Å². The second kappa shape index (κ2) is 5.83. The van der Waals surface area contributed by atoms with Crippen molar-refractivity contribution in [2.45, 2.75) is 49.8 Å². The van der Waals surface area contributed by atoms with Gasteiger partial charge in [0, 0.05) is 5.38 Å². The second-order valence-corrected chi connectivity index (χ2v) is 7.95. The number of primary sulfonamides is 1. The molecular weight excluding hydrogens is 298 g/mol. The minimum Gasteiger partial charge on any atom is -0.458 e. The number of hydrogen-bond acceptors (Lipinski definition) is 5. The van der Waals surface area contributed by atoms with Crippen molar-refractivity contribution in [2.24, 2.45) is 11.1 Å². The molecule has 1 aromatic rings. The molecule has 1 aliphatic carbocycles. The summed E-state index contributed by atoms with van der Waals surface area (Å²) >= 11 is 0.960. The Balaban J connectivity index is 2.16. The summed E-state index contributed by atoms with van der Waals surface area (Å²) in [5.41, 5.74) is 0.683. The maximum Gasteiger partial charge on any atom is 0.339 e. The monoisotopic (exact) mass is 317 g/mol. The Morgan fingerprint density at radius 1 is 1.40 bits per heavy atom. The summed E-state index contributed by atoms with van der Waals surface area (Å²) in [6, 6.07) is 0. The summed E-state index contributed by atoms with van der Waals surface area (Å²) in [5.74, 6) is -0.100. The highest BCUT2D eigenvalue weighted by Crippen LogP contribution is 2.30. The number of esters is 1. The van der Waals surface area contributed by atoms with E-state index in [4.69, 9.17) is 9.88 Å². The highest BCUT2D eigenvalue weighted by Gasteiger charge is 2.28. The Hall–Kier alpha value is -0.920. The zero-order valence-corrected chi connectivity index (χ0v) is 13.2. The molecule has 0 aromatic carbocycles. The minimum absolute atomic E-state index is 0.0288. The molecule has 0 spiro atoms. The van der Waals surface area contributed by atoms with E-state index in [0.29, 0.717) is 17.0 Å². The SMILES string of the molecule is Cc1c(C(=O)OC2CCCCC2C)csc1S(N)(=O)=O. The molecule has 1 fully saturated rings. The van der Waals surface area contributed by atoms with Gasteiger partial charge in [0.25, 0.3) is 0 Å². The molecular formula is C13H19NO4S2. The zero-order chi connectivity index (χ0) is 14.9. The minimum atomic E-state index is -3.78. The van der Waals surface area contributed by atoms with Crippen LogP contribution in [0.4, 0.5) is 0 Å². The average Bonchev–Trinajstić information content (AvgIpc) is 2.74. The molecule has 1 heterocycles. The van der Waals surface area contributed by atoms with Gasteiger partial charge in [-0.3, -0.25) is 0 Å². The van der Waals surface area contributed by atoms with Gasteiger partial charge in [-0.05, 0) is 37.7 Å². The zero-order valence-electron chi connectivity index (χ0n) is 11.6. The van der Waals surface area contributed by atoms with Gasteiger partial charge in [-0.1, -0.05) is 13.3 Å². The number of ether oxygens (including phenoxy) is 1. The van der Waals surface area contributed by atoms with E-state index in [0.717, 1.165) is 30.6 Å². The van der Waals surface area contributed by atoms with Gasteiger partial charge in [0.05, 0.1) is 5.56 Å². The van der Waals surface area contributed by atoms with Crippen molar-refractivity contribution in [3.8, 4) is 0 Å². The van der Waals surface area contributed by atoms with Crippen LogP contribution in [0.5, 0.6) is 0 Å². The van der Waals surface area contributed by atoms with E-state index < -0.39 is 16.0 Å². The maximum absolute atomic E-state index is 12.2. The second-order valence-electron chi connectivity index (χ2n) is 5.31. The van der Waals surface area contributed by atoms with Gasteiger partial charge < -0.3 is 4.74 Å². The van der Waals surface area contributed by atoms with Gasteiger partial charge in [-0.15, -0.1) is 11.3 Å². The van der Waals surface area contributed by atoms with E-state index in [1.54, 1.807) is 6.92 Å². The maximum atomic E-state index is 12.2. The van der Waals surface area contributed by atoms with Crippen LogP contribution < -0.4 is 5.14 Å². The summed E-state index contributed by atoms with van der Waals surface area (Å²) in [6.07, 6.45) is 4.09. The lowest BCUT2D eigenvalue weighted by atomic mass is 9.88. The molecule has 0 aliphatic heterocycles. The fourth-order valence-electron chi connectivity index (χ4n) is 2.54. The van der Waals surface area contributed by atoms with E-state index in [1.165, 1.54) is 11.8 Å². The number of carbonyl (C=O) groups is 1. The standard InChI is InChI=1S/C13H19NO4S2/c1-8-5-3-4-6-11(8)18-12(15)10-7-19-13(9(10)2)20(14,16)17/h7-8,11H,3-6H2,1-2H3,(H2,14,16,17). The number of sulfonamides is 1. The number of nitrogens with two attached hydrogens (primary N) is 1. The first-order valence-electron chi connectivity index (χ1n) is 6.62. The molecule has 5 nitrogen and oxygen atoms in total. The average molecular weight is 317 g/mol. The van der Waals surface area contributed by atoms with Crippen molar-refractivity contribution in [3.63, 3.8) is 0 Å². The number of hydrogen-bond donors (Lipinski definition) is 1. The van der Waals surface area contributed by atoms with Gasteiger partial charge in [0.1, 0.15) is 10.3 Å². The highest BCUT2D eigenvalue weighted by molar-refractivity contribution is 7.91. The number of rotatable bonds is 3. The van der Waals surface area contributed by atoms with Crippen molar-refractivity contribution >= 4 is 27.3 Å². The predicted molar refractivity (Wildman–Crippen MR) is 77.3 cm³/mol. The molecule has 0 amide bonds. The van der Waals surface area contributed by atoms with Crippen molar-refractivity contribution in [1.29, 1.82) is 0 Å². The highest BCUT2D eigenvalue weighted by atomic mass is 32.2. The van der Waals surface area contributed by atoms with Crippen LogP contribution in [0.1, 0.15) is 48.5 Å². The van der Waals surface area contributed by atoms with E-state index in [-0.39, 0.29) is 10.3 Å². The molecule has 1 aliphatic rings. The van der Waals surface area contributed by atoms with Crippen LogP contribution >= 0.6 is 11.3 Å². The molecule has 2 rings (SSSR count). The Morgan fingerprint density at radius 3 is 2.60 bits per heavy atom. The van der Waals surface area contributed by atoms with Crippen molar-refractivity contribution < 1.29 is 17.9 Å².